The normalized spacial score (nSPS) is 15.5. The van der Waals surface area contributed by atoms with Gasteiger partial charge < -0.3 is 10.6 Å². The van der Waals surface area contributed by atoms with Crippen LogP contribution in [0.5, 0.6) is 0 Å². The summed E-state index contributed by atoms with van der Waals surface area (Å²) in [4.78, 5) is 20.7. The van der Waals surface area contributed by atoms with E-state index in [0.29, 0.717) is 19.0 Å². The zero-order chi connectivity index (χ0) is 16.1. The summed E-state index contributed by atoms with van der Waals surface area (Å²) in [6.45, 7) is 1.04. The molecule has 1 fully saturated rings. The molecule has 1 aromatic heterocycles. The molecule has 1 aromatic carbocycles. The molecule has 0 unspecified atom stereocenters. The molecule has 120 valence electrons. The Morgan fingerprint density at radius 3 is 2.43 bits per heavy atom. The number of rotatable bonds is 6. The number of carbonyl (C=O) groups is 1. The van der Waals surface area contributed by atoms with Crippen LogP contribution in [0, 0.1) is 5.82 Å². The lowest BCUT2D eigenvalue weighted by Crippen LogP contribution is -2.50. The first-order valence-electron chi connectivity index (χ1n) is 7.76. The quantitative estimate of drug-likeness (QED) is 0.803. The first kappa shape index (κ1) is 15.4. The average molecular weight is 314 g/mol. The maximum absolute atomic E-state index is 13.1. The summed E-state index contributed by atoms with van der Waals surface area (Å²) in [5.41, 5.74) is 0.388. The van der Waals surface area contributed by atoms with Crippen LogP contribution in [0.15, 0.2) is 42.7 Å². The molecule has 0 radical (unpaired) electrons. The maximum Gasteiger partial charge on any atom is 0.230 e. The van der Waals surface area contributed by atoms with Crippen molar-refractivity contribution in [2.75, 3.05) is 18.4 Å². The Balaban J connectivity index is 1.55. The van der Waals surface area contributed by atoms with Crippen LogP contribution < -0.4 is 10.6 Å². The van der Waals surface area contributed by atoms with Crippen molar-refractivity contribution in [2.24, 2.45) is 0 Å². The summed E-state index contributed by atoms with van der Waals surface area (Å²) < 4.78 is 13.1. The average Bonchev–Trinajstić information content (AvgIpc) is 2.53. The van der Waals surface area contributed by atoms with E-state index in [4.69, 9.17) is 0 Å². The van der Waals surface area contributed by atoms with E-state index in [1.54, 1.807) is 30.6 Å². The second-order valence-corrected chi connectivity index (χ2v) is 5.70. The van der Waals surface area contributed by atoms with E-state index < -0.39 is 5.41 Å². The lowest BCUT2D eigenvalue weighted by molar-refractivity contribution is -0.129. The fourth-order valence-electron chi connectivity index (χ4n) is 2.86. The van der Waals surface area contributed by atoms with Crippen LogP contribution in [-0.2, 0) is 10.2 Å². The van der Waals surface area contributed by atoms with E-state index >= 15 is 0 Å². The van der Waals surface area contributed by atoms with E-state index in [2.05, 4.69) is 20.6 Å². The van der Waals surface area contributed by atoms with E-state index in [1.807, 2.05) is 0 Å². The molecule has 5 nitrogen and oxygen atoms in total. The number of carbonyl (C=O) groups excluding carboxylic acids is 1. The number of benzene rings is 1. The zero-order valence-electron chi connectivity index (χ0n) is 12.8. The van der Waals surface area contributed by atoms with Crippen LogP contribution in [-0.4, -0.2) is 29.0 Å². The molecular formula is C17H19FN4O. The first-order valence-corrected chi connectivity index (χ1v) is 7.76. The minimum Gasteiger partial charge on any atom is -0.354 e. The molecular weight excluding hydrogens is 295 g/mol. The van der Waals surface area contributed by atoms with Crippen molar-refractivity contribution in [3.8, 4) is 0 Å². The molecule has 6 heteroatoms. The van der Waals surface area contributed by atoms with Gasteiger partial charge in [0.15, 0.2) is 0 Å². The zero-order valence-corrected chi connectivity index (χ0v) is 12.8. The number of anilines is 1. The number of amides is 1. The summed E-state index contributed by atoms with van der Waals surface area (Å²) in [7, 11) is 0. The molecule has 2 aromatic rings. The molecule has 0 spiro atoms. The van der Waals surface area contributed by atoms with Crippen LogP contribution >= 0.6 is 0 Å². The van der Waals surface area contributed by atoms with Gasteiger partial charge in [-0.25, -0.2) is 14.4 Å². The third-order valence-corrected chi connectivity index (χ3v) is 4.30. The topological polar surface area (TPSA) is 66.9 Å². The fraction of sp³-hybridized carbons (Fsp3) is 0.353. The molecule has 0 aliphatic heterocycles. The third-order valence-electron chi connectivity index (χ3n) is 4.30. The highest BCUT2D eigenvalue weighted by molar-refractivity contribution is 5.89. The summed E-state index contributed by atoms with van der Waals surface area (Å²) in [6.07, 6.45) is 5.94. The molecule has 1 heterocycles. The number of hydrogen-bond acceptors (Lipinski definition) is 4. The van der Waals surface area contributed by atoms with Crippen molar-refractivity contribution in [3.05, 3.63) is 54.1 Å². The van der Waals surface area contributed by atoms with Gasteiger partial charge in [-0.2, -0.15) is 0 Å². The highest BCUT2D eigenvalue weighted by Gasteiger charge is 2.45. The van der Waals surface area contributed by atoms with E-state index in [-0.39, 0.29) is 11.7 Å². The van der Waals surface area contributed by atoms with Crippen LogP contribution in [0.3, 0.4) is 0 Å². The van der Waals surface area contributed by atoms with Gasteiger partial charge in [0.25, 0.3) is 0 Å². The Kier molecular flexibility index (Phi) is 4.50. The highest BCUT2D eigenvalue weighted by atomic mass is 19.1. The molecule has 23 heavy (non-hydrogen) atoms. The smallest absolute Gasteiger partial charge is 0.230 e. The second kappa shape index (κ2) is 6.73. The number of hydrogen-bond donors (Lipinski definition) is 2. The van der Waals surface area contributed by atoms with Crippen molar-refractivity contribution in [2.45, 2.75) is 24.7 Å². The molecule has 1 aliphatic carbocycles. The largest absolute Gasteiger partial charge is 0.354 e. The van der Waals surface area contributed by atoms with Crippen molar-refractivity contribution in [3.63, 3.8) is 0 Å². The number of halogens is 1. The molecule has 0 atom stereocenters. The molecule has 2 N–H and O–H groups in total. The Labute approximate surface area is 134 Å². The fourth-order valence-corrected chi connectivity index (χ4v) is 2.86. The van der Waals surface area contributed by atoms with E-state index in [1.165, 1.54) is 12.1 Å². The highest BCUT2D eigenvalue weighted by Crippen LogP contribution is 2.43. The Hall–Kier alpha value is -2.50. The van der Waals surface area contributed by atoms with Crippen molar-refractivity contribution >= 4 is 11.9 Å². The van der Waals surface area contributed by atoms with Gasteiger partial charge in [0.2, 0.25) is 11.9 Å². The van der Waals surface area contributed by atoms with Crippen molar-refractivity contribution < 1.29 is 9.18 Å². The maximum atomic E-state index is 13.1. The lowest BCUT2D eigenvalue weighted by Gasteiger charge is -2.40. The van der Waals surface area contributed by atoms with Gasteiger partial charge in [-0.3, -0.25) is 4.79 Å². The summed E-state index contributed by atoms with van der Waals surface area (Å²) in [5.74, 6) is 0.264. The molecule has 1 aliphatic rings. The SMILES string of the molecule is O=C(NCCNc1ncccn1)C1(c2ccc(F)cc2)CCC1. The van der Waals surface area contributed by atoms with Gasteiger partial charge in [0.1, 0.15) is 5.82 Å². The van der Waals surface area contributed by atoms with Gasteiger partial charge in [-0.05, 0) is 36.6 Å². The molecule has 1 amide bonds. The summed E-state index contributed by atoms with van der Waals surface area (Å²) >= 11 is 0. The van der Waals surface area contributed by atoms with Gasteiger partial charge in [0.05, 0.1) is 5.41 Å². The summed E-state index contributed by atoms with van der Waals surface area (Å²) in [5, 5.41) is 6.01. The lowest BCUT2D eigenvalue weighted by atomic mass is 9.64. The van der Waals surface area contributed by atoms with Crippen molar-refractivity contribution in [1.29, 1.82) is 0 Å². The van der Waals surface area contributed by atoms with Gasteiger partial charge in [-0.1, -0.05) is 18.6 Å². The first-order chi connectivity index (χ1) is 11.2. The predicted octanol–water partition coefficient (Wildman–Crippen LogP) is 2.27. The Bertz CT molecular complexity index is 656. The molecule has 0 bridgehead atoms. The second-order valence-electron chi connectivity index (χ2n) is 5.70. The molecule has 3 rings (SSSR count). The van der Waals surface area contributed by atoms with E-state index in [9.17, 15) is 9.18 Å². The molecule has 1 saturated carbocycles. The predicted molar refractivity (Wildman–Crippen MR) is 85.5 cm³/mol. The van der Waals surface area contributed by atoms with Gasteiger partial charge in [-0.15, -0.1) is 0 Å². The van der Waals surface area contributed by atoms with Crippen LogP contribution in [0.4, 0.5) is 10.3 Å². The Morgan fingerprint density at radius 1 is 1.13 bits per heavy atom. The monoisotopic (exact) mass is 314 g/mol. The third kappa shape index (κ3) is 3.31. The minimum atomic E-state index is -0.503. The van der Waals surface area contributed by atoms with Crippen LogP contribution in [0.25, 0.3) is 0 Å². The van der Waals surface area contributed by atoms with Crippen molar-refractivity contribution in [1.82, 2.24) is 15.3 Å². The van der Waals surface area contributed by atoms with Gasteiger partial charge in [0, 0.05) is 25.5 Å². The van der Waals surface area contributed by atoms with Crippen LogP contribution in [0.1, 0.15) is 24.8 Å². The standard InChI is InChI=1S/C17H19FN4O/c18-14-5-3-13(4-6-14)17(7-1-8-17)15(23)19-11-12-22-16-20-9-2-10-21-16/h2-6,9-10H,1,7-8,11-12H2,(H,19,23)(H,20,21,22). The van der Waals surface area contributed by atoms with Gasteiger partial charge >= 0.3 is 0 Å². The number of nitrogens with one attached hydrogen (secondary N) is 2. The Morgan fingerprint density at radius 2 is 1.83 bits per heavy atom. The van der Waals surface area contributed by atoms with Crippen LogP contribution in [0.2, 0.25) is 0 Å². The minimum absolute atomic E-state index is 0.00568. The number of aromatic nitrogens is 2. The number of nitrogens with zero attached hydrogens (tertiary/aromatic N) is 2. The molecule has 0 saturated heterocycles. The summed E-state index contributed by atoms with van der Waals surface area (Å²) in [6, 6.07) is 8.00. The van der Waals surface area contributed by atoms with E-state index in [0.717, 1.165) is 24.8 Å².